The fraction of sp³-hybridized carbons (Fsp3) is 0.905. The predicted octanol–water partition coefficient (Wildman–Crippen LogP) is 7.19. The van der Waals surface area contributed by atoms with Gasteiger partial charge < -0.3 is 5.11 Å². The average molecular weight is 311 g/mol. The maximum atomic E-state index is 8.70. The van der Waals surface area contributed by atoms with Crippen molar-refractivity contribution in [3.05, 3.63) is 12.2 Å². The fourth-order valence-corrected chi connectivity index (χ4v) is 2.89. The number of rotatable bonds is 18. The minimum Gasteiger partial charge on any atom is -0.396 e. The van der Waals surface area contributed by atoms with Crippen LogP contribution in [-0.2, 0) is 0 Å². The highest BCUT2D eigenvalue weighted by atomic mass is 16.2. The van der Waals surface area contributed by atoms with Gasteiger partial charge in [-0.25, -0.2) is 0 Å². The Bertz CT molecular complexity index is 210. The molecule has 132 valence electrons. The number of hydrogen-bond donors (Lipinski definition) is 1. The van der Waals surface area contributed by atoms with Crippen LogP contribution in [0.3, 0.4) is 0 Å². The van der Waals surface area contributed by atoms with Crippen molar-refractivity contribution in [2.24, 2.45) is 0 Å². The molecule has 0 aromatic carbocycles. The van der Waals surface area contributed by atoms with E-state index in [1.54, 1.807) is 0 Å². The van der Waals surface area contributed by atoms with Crippen LogP contribution < -0.4 is 0 Å². The molecule has 0 amide bonds. The van der Waals surface area contributed by atoms with Gasteiger partial charge in [-0.05, 0) is 32.1 Å². The quantitative estimate of drug-likeness (QED) is 0.210. The van der Waals surface area contributed by atoms with Gasteiger partial charge in [0.25, 0.3) is 0 Å². The van der Waals surface area contributed by atoms with E-state index in [9.17, 15) is 0 Å². The Labute approximate surface area is 140 Å². The predicted molar refractivity (Wildman–Crippen MR) is 100 cm³/mol. The minimum atomic E-state index is 0.367. The highest BCUT2D eigenvalue weighted by Crippen LogP contribution is 2.11. The first-order chi connectivity index (χ1) is 10.9. The normalized spacial score (nSPS) is 11.5. The first-order valence-corrected chi connectivity index (χ1v) is 10.2. The molecule has 0 aliphatic heterocycles. The van der Waals surface area contributed by atoms with Crippen molar-refractivity contribution in [2.75, 3.05) is 6.61 Å². The fourth-order valence-electron chi connectivity index (χ4n) is 2.89. The van der Waals surface area contributed by atoms with Gasteiger partial charge in [0, 0.05) is 6.61 Å². The Morgan fingerprint density at radius 1 is 0.500 bits per heavy atom. The molecule has 0 rings (SSSR count). The summed E-state index contributed by atoms with van der Waals surface area (Å²) in [5.74, 6) is 0. The highest BCUT2D eigenvalue weighted by Gasteiger charge is 1.92. The third kappa shape index (κ3) is 19.7. The zero-order valence-corrected chi connectivity index (χ0v) is 15.3. The number of unbranched alkanes of at least 4 members (excludes halogenated alkanes) is 15. The van der Waals surface area contributed by atoms with Crippen LogP contribution in [0.4, 0.5) is 0 Å². The molecular formula is C21H42O. The van der Waals surface area contributed by atoms with Crippen LogP contribution in [0.15, 0.2) is 12.2 Å². The van der Waals surface area contributed by atoms with Crippen molar-refractivity contribution >= 4 is 0 Å². The van der Waals surface area contributed by atoms with E-state index in [2.05, 4.69) is 19.1 Å². The van der Waals surface area contributed by atoms with E-state index in [1.807, 2.05) is 0 Å². The molecule has 22 heavy (non-hydrogen) atoms. The average Bonchev–Trinajstić information content (AvgIpc) is 2.54. The van der Waals surface area contributed by atoms with Crippen LogP contribution in [0.5, 0.6) is 0 Å². The molecule has 0 saturated heterocycles. The molecule has 0 aliphatic rings. The van der Waals surface area contributed by atoms with Gasteiger partial charge in [-0.3, -0.25) is 0 Å². The summed E-state index contributed by atoms with van der Waals surface area (Å²) in [5, 5.41) is 8.70. The zero-order valence-electron chi connectivity index (χ0n) is 15.3. The third-order valence-corrected chi connectivity index (χ3v) is 4.42. The van der Waals surface area contributed by atoms with Crippen LogP contribution in [0.25, 0.3) is 0 Å². The molecule has 0 radical (unpaired) electrons. The van der Waals surface area contributed by atoms with Gasteiger partial charge in [-0.15, -0.1) is 0 Å². The van der Waals surface area contributed by atoms with Crippen molar-refractivity contribution < 1.29 is 5.11 Å². The number of aliphatic hydroxyl groups excluding tert-OH is 1. The van der Waals surface area contributed by atoms with Gasteiger partial charge in [-0.2, -0.15) is 0 Å². The Morgan fingerprint density at radius 2 is 0.864 bits per heavy atom. The topological polar surface area (TPSA) is 20.2 Å². The SMILES string of the molecule is CCCCCCCC/C=C\CCCCCCCCCCCO. The van der Waals surface area contributed by atoms with E-state index in [0.29, 0.717) is 6.61 Å². The summed E-state index contributed by atoms with van der Waals surface area (Å²) in [6.45, 7) is 2.65. The Morgan fingerprint density at radius 3 is 1.27 bits per heavy atom. The van der Waals surface area contributed by atoms with E-state index in [4.69, 9.17) is 5.11 Å². The molecule has 1 nitrogen and oxygen atoms in total. The van der Waals surface area contributed by atoms with E-state index >= 15 is 0 Å². The third-order valence-electron chi connectivity index (χ3n) is 4.42. The lowest BCUT2D eigenvalue weighted by Crippen LogP contribution is -1.84. The van der Waals surface area contributed by atoms with Crippen LogP contribution in [0.2, 0.25) is 0 Å². The van der Waals surface area contributed by atoms with E-state index < -0.39 is 0 Å². The Kier molecular flexibility index (Phi) is 20.4. The molecular weight excluding hydrogens is 268 g/mol. The maximum absolute atomic E-state index is 8.70. The lowest BCUT2D eigenvalue weighted by molar-refractivity contribution is 0.282. The molecule has 0 bridgehead atoms. The van der Waals surface area contributed by atoms with Crippen LogP contribution in [0.1, 0.15) is 116 Å². The smallest absolute Gasteiger partial charge is 0.0431 e. The van der Waals surface area contributed by atoms with Crippen molar-refractivity contribution in [2.45, 2.75) is 116 Å². The van der Waals surface area contributed by atoms with Gasteiger partial charge in [0.1, 0.15) is 0 Å². The molecule has 1 N–H and O–H groups in total. The number of hydrogen-bond acceptors (Lipinski definition) is 1. The monoisotopic (exact) mass is 310 g/mol. The second-order valence-corrected chi connectivity index (χ2v) is 6.72. The Hall–Kier alpha value is -0.300. The van der Waals surface area contributed by atoms with Gasteiger partial charge in [0.15, 0.2) is 0 Å². The van der Waals surface area contributed by atoms with Crippen molar-refractivity contribution in [1.82, 2.24) is 0 Å². The summed E-state index contributed by atoms with van der Waals surface area (Å²) in [6.07, 6.45) is 27.7. The summed E-state index contributed by atoms with van der Waals surface area (Å²) in [7, 11) is 0. The molecule has 0 atom stereocenters. The summed E-state index contributed by atoms with van der Waals surface area (Å²) >= 11 is 0. The van der Waals surface area contributed by atoms with Crippen molar-refractivity contribution in [1.29, 1.82) is 0 Å². The molecule has 0 aromatic rings. The van der Waals surface area contributed by atoms with Gasteiger partial charge in [-0.1, -0.05) is 96.1 Å². The zero-order chi connectivity index (χ0) is 16.1. The van der Waals surface area contributed by atoms with Crippen molar-refractivity contribution in [3.8, 4) is 0 Å². The second-order valence-electron chi connectivity index (χ2n) is 6.72. The molecule has 0 fully saturated rings. The molecule has 0 spiro atoms. The lowest BCUT2D eigenvalue weighted by atomic mass is 10.1. The van der Waals surface area contributed by atoms with Crippen LogP contribution in [-0.4, -0.2) is 11.7 Å². The number of allylic oxidation sites excluding steroid dienone is 2. The molecule has 0 saturated carbocycles. The summed E-state index contributed by atoms with van der Waals surface area (Å²) < 4.78 is 0. The number of aliphatic hydroxyl groups is 1. The maximum Gasteiger partial charge on any atom is 0.0431 e. The highest BCUT2D eigenvalue weighted by molar-refractivity contribution is 4.81. The Balaban J connectivity index is 3.02. The standard InChI is InChI=1S/C21H42O/c1-2-3-4-5-6-7-8-9-10-11-12-13-14-15-16-17-18-19-20-21-22/h9-10,22H,2-8,11-21H2,1H3/b10-9-. The van der Waals surface area contributed by atoms with E-state index in [1.165, 1.54) is 103 Å². The van der Waals surface area contributed by atoms with E-state index in [-0.39, 0.29) is 0 Å². The molecule has 0 aromatic heterocycles. The molecule has 1 heteroatoms. The van der Waals surface area contributed by atoms with Gasteiger partial charge in [0.2, 0.25) is 0 Å². The van der Waals surface area contributed by atoms with Crippen molar-refractivity contribution in [3.63, 3.8) is 0 Å². The lowest BCUT2D eigenvalue weighted by Gasteiger charge is -2.01. The molecule has 0 heterocycles. The second kappa shape index (κ2) is 20.7. The van der Waals surface area contributed by atoms with Gasteiger partial charge >= 0.3 is 0 Å². The summed E-state index contributed by atoms with van der Waals surface area (Å²) in [4.78, 5) is 0. The molecule has 0 aliphatic carbocycles. The minimum absolute atomic E-state index is 0.367. The first kappa shape index (κ1) is 21.7. The van der Waals surface area contributed by atoms with Crippen LogP contribution in [0, 0.1) is 0 Å². The summed E-state index contributed by atoms with van der Waals surface area (Å²) in [5.41, 5.74) is 0. The first-order valence-electron chi connectivity index (χ1n) is 10.2. The van der Waals surface area contributed by atoms with Crippen LogP contribution >= 0.6 is 0 Å². The molecule has 0 unspecified atom stereocenters. The van der Waals surface area contributed by atoms with E-state index in [0.717, 1.165) is 6.42 Å². The van der Waals surface area contributed by atoms with Gasteiger partial charge in [0.05, 0.1) is 0 Å². The summed E-state index contributed by atoms with van der Waals surface area (Å²) in [6, 6.07) is 0. The largest absolute Gasteiger partial charge is 0.396 e.